The van der Waals surface area contributed by atoms with Crippen LogP contribution in [-0.2, 0) is 16.6 Å². The largest absolute Gasteiger partial charge is 0.481 e. The van der Waals surface area contributed by atoms with Gasteiger partial charge in [-0.15, -0.1) is 0 Å². The third-order valence-electron chi connectivity index (χ3n) is 2.99. The maximum absolute atomic E-state index is 12.3. The molecule has 122 valence electrons. The number of pyridine rings is 1. The number of primary sulfonamides is 1. The van der Waals surface area contributed by atoms with Crippen LogP contribution in [0.5, 0.6) is 5.88 Å². The summed E-state index contributed by atoms with van der Waals surface area (Å²) in [6, 6.07) is 7.48. The smallest absolute Gasteiger partial charge is 0.252 e. The third kappa shape index (κ3) is 4.27. The Balaban J connectivity index is 2.21. The molecule has 9 heteroatoms. The first-order valence-electron chi connectivity index (χ1n) is 6.41. The molecule has 0 aliphatic heterocycles. The number of hydrogen-bond acceptors (Lipinski definition) is 5. The van der Waals surface area contributed by atoms with Crippen LogP contribution < -0.4 is 15.2 Å². The van der Waals surface area contributed by atoms with Gasteiger partial charge in [0, 0.05) is 22.8 Å². The van der Waals surface area contributed by atoms with Crippen molar-refractivity contribution < 1.29 is 17.9 Å². The van der Waals surface area contributed by atoms with Crippen molar-refractivity contribution in [2.24, 2.45) is 5.14 Å². The number of methoxy groups -OCH3 is 1. The minimum absolute atomic E-state index is 0.134. The predicted molar refractivity (Wildman–Crippen MR) is 87.5 cm³/mol. The number of hydrogen-bond donors (Lipinski definition) is 2. The Bertz CT molecular complexity index is 840. The summed E-state index contributed by atoms with van der Waals surface area (Å²) in [6.45, 7) is 0.182. The van der Waals surface area contributed by atoms with Gasteiger partial charge in [-0.25, -0.2) is 18.5 Å². The van der Waals surface area contributed by atoms with E-state index < -0.39 is 15.9 Å². The van der Waals surface area contributed by atoms with E-state index >= 15 is 0 Å². The second-order valence-corrected chi connectivity index (χ2v) is 6.96. The van der Waals surface area contributed by atoms with Crippen molar-refractivity contribution in [1.82, 2.24) is 10.3 Å². The molecule has 0 saturated heterocycles. The van der Waals surface area contributed by atoms with Gasteiger partial charge in [-0.3, -0.25) is 4.79 Å². The lowest BCUT2D eigenvalue weighted by Gasteiger charge is -2.10. The number of aromatic nitrogens is 1. The number of amides is 1. The van der Waals surface area contributed by atoms with Crippen molar-refractivity contribution in [3.63, 3.8) is 0 Å². The molecule has 0 unspecified atom stereocenters. The van der Waals surface area contributed by atoms with Crippen LogP contribution in [0.25, 0.3) is 0 Å². The topological polar surface area (TPSA) is 111 Å². The van der Waals surface area contributed by atoms with E-state index in [2.05, 4.69) is 26.2 Å². The molecule has 0 atom stereocenters. The molecule has 23 heavy (non-hydrogen) atoms. The molecule has 0 spiro atoms. The van der Waals surface area contributed by atoms with Crippen molar-refractivity contribution in [2.75, 3.05) is 7.11 Å². The van der Waals surface area contributed by atoms with E-state index in [0.29, 0.717) is 15.9 Å². The van der Waals surface area contributed by atoms with Gasteiger partial charge in [-0.1, -0.05) is 6.07 Å². The summed E-state index contributed by atoms with van der Waals surface area (Å²) in [7, 11) is -2.40. The lowest BCUT2D eigenvalue weighted by atomic mass is 10.2. The SMILES string of the molecule is COc1ncccc1CNC(=O)c1cc(S(N)(=O)=O)ccc1Br. The fourth-order valence-corrected chi connectivity index (χ4v) is 2.84. The number of ether oxygens (including phenoxy) is 1. The van der Waals surface area contributed by atoms with Crippen molar-refractivity contribution in [3.8, 4) is 5.88 Å². The Kier molecular flexibility index (Phi) is 5.34. The lowest BCUT2D eigenvalue weighted by molar-refractivity contribution is 0.0949. The minimum Gasteiger partial charge on any atom is -0.481 e. The molecular weight excluding hydrogens is 386 g/mol. The van der Waals surface area contributed by atoms with Crippen LogP contribution in [0.1, 0.15) is 15.9 Å². The average Bonchev–Trinajstić information content (AvgIpc) is 2.52. The standard InChI is InChI=1S/C14H14BrN3O4S/c1-22-14-9(3-2-6-17-14)8-18-13(19)11-7-10(23(16,20)21)4-5-12(11)15/h2-7H,8H2,1H3,(H,18,19)(H2,16,20,21). The molecule has 2 rings (SSSR count). The van der Waals surface area contributed by atoms with Gasteiger partial charge in [0.2, 0.25) is 15.9 Å². The quantitative estimate of drug-likeness (QED) is 0.789. The van der Waals surface area contributed by atoms with Gasteiger partial charge < -0.3 is 10.1 Å². The highest BCUT2D eigenvalue weighted by Gasteiger charge is 2.16. The first kappa shape index (κ1) is 17.4. The average molecular weight is 400 g/mol. The summed E-state index contributed by atoms with van der Waals surface area (Å²) in [4.78, 5) is 16.2. The number of carbonyl (C=O) groups excluding carboxylic acids is 1. The van der Waals surface area contributed by atoms with E-state index in [0.717, 1.165) is 0 Å². The van der Waals surface area contributed by atoms with E-state index in [1.165, 1.54) is 25.3 Å². The van der Waals surface area contributed by atoms with Gasteiger partial charge in [0.1, 0.15) is 0 Å². The van der Waals surface area contributed by atoms with Gasteiger partial charge in [0.25, 0.3) is 5.91 Å². The van der Waals surface area contributed by atoms with E-state index in [-0.39, 0.29) is 17.0 Å². The Morgan fingerprint density at radius 2 is 2.13 bits per heavy atom. The zero-order valence-electron chi connectivity index (χ0n) is 12.1. The molecule has 1 heterocycles. The number of nitrogens with one attached hydrogen (secondary N) is 1. The predicted octanol–water partition coefficient (Wildman–Crippen LogP) is 1.43. The van der Waals surface area contributed by atoms with Gasteiger partial charge in [-0.05, 0) is 40.2 Å². The highest BCUT2D eigenvalue weighted by Crippen LogP contribution is 2.21. The van der Waals surface area contributed by atoms with Gasteiger partial charge in [0.05, 0.1) is 17.6 Å². The van der Waals surface area contributed by atoms with Gasteiger partial charge in [-0.2, -0.15) is 0 Å². The molecule has 0 radical (unpaired) electrons. The summed E-state index contributed by atoms with van der Waals surface area (Å²) in [6.07, 6.45) is 1.58. The minimum atomic E-state index is -3.88. The van der Waals surface area contributed by atoms with E-state index in [4.69, 9.17) is 9.88 Å². The van der Waals surface area contributed by atoms with Crippen LogP contribution in [0.4, 0.5) is 0 Å². The normalized spacial score (nSPS) is 11.1. The van der Waals surface area contributed by atoms with Crippen molar-refractivity contribution in [2.45, 2.75) is 11.4 Å². The van der Waals surface area contributed by atoms with E-state index in [9.17, 15) is 13.2 Å². The maximum Gasteiger partial charge on any atom is 0.252 e. The monoisotopic (exact) mass is 399 g/mol. The number of nitrogens with two attached hydrogens (primary N) is 1. The molecule has 3 N–H and O–H groups in total. The highest BCUT2D eigenvalue weighted by atomic mass is 79.9. The molecule has 0 aliphatic carbocycles. The second kappa shape index (κ2) is 7.07. The van der Waals surface area contributed by atoms with Crippen molar-refractivity contribution >= 4 is 31.9 Å². The molecule has 0 fully saturated rings. The van der Waals surface area contributed by atoms with Crippen LogP contribution in [0.3, 0.4) is 0 Å². The van der Waals surface area contributed by atoms with Crippen molar-refractivity contribution in [1.29, 1.82) is 0 Å². The Labute approximate surface area is 142 Å². The summed E-state index contributed by atoms with van der Waals surface area (Å²) in [5.74, 6) is -0.0431. The molecule has 2 aromatic rings. The zero-order valence-corrected chi connectivity index (χ0v) is 14.5. The number of rotatable bonds is 5. The Hall–Kier alpha value is -1.97. The molecule has 0 saturated carbocycles. The summed E-state index contributed by atoms with van der Waals surface area (Å²) in [5, 5.41) is 7.76. The molecular formula is C14H14BrN3O4S. The van der Waals surface area contributed by atoms with Crippen LogP contribution in [0.15, 0.2) is 45.9 Å². The first-order chi connectivity index (χ1) is 10.8. The van der Waals surface area contributed by atoms with Gasteiger partial charge in [0.15, 0.2) is 0 Å². The lowest BCUT2D eigenvalue weighted by Crippen LogP contribution is -2.24. The van der Waals surface area contributed by atoms with Crippen molar-refractivity contribution in [3.05, 3.63) is 52.1 Å². The summed E-state index contributed by atoms with van der Waals surface area (Å²) < 4.78 is 28.3. The summed E-state index contributed by atoms with van der Waals surface area (Å²) >= 11 is 3.22. The fraction of sp³-hybridized carbons (Fsp3) is 0.143. The molecule has 7 nitrogen and oxygen atoms in total. The fourth-order valence-electron chi connectivity index (χ4n) is 1.87. The van der Waals surface area contributed by atoms with Crippen LogP contribution in [0.2, 0.25) is 0 Å². The third-order valence-corrected chi connectivity index (χ3v) is 4.60. The molecule has 1 aromatic carbocycles. The molecule has 1 amide bonds. The molecule has 0 bridgehead atoms. The second-order valence-electron chi connectivity index (χ2n) is 4.54. The van der Waals surface area contributed by atoms with E-state index in [1.54, 1.807) is 18.3 Å². The maximum atomic E-state index is 12.3. The highest BCUT2D eigenvalue weighted by molar-refractivity contribution is 9.10. The number of carbonyl (C=O) groups is 1. The number of halogens is 1. The number of nitrogens with zero attached hydrogens (tertiary/aromatic N) is 1. The molecule has 0 aliphatic rings. The zero-order chi connectivity index (χ0) is 17.0. The van der Waals surface area contributed by atoms with Crippen LogP contribution in [0, 0.1) is 0 Å². The van der Waals surface area contributed by atoms with Crippen LogP contribution >= 0.6 is 15.9 Å². The van der Waals surface area contributed by atoms with Crippen LogP contribution in [-0.4, -0.2) is 26.4 Å². The van der Waals surface area contributed by atoms with Gasteiger partial charge >= 0.3 is 0 Å². The van der Waals surface area contributed by atoms with E-state index in [1.807, 2.05) is 0 Å². The Morgan fingerprint density at radius 3 is 2.78 bits per heavy atom. The summed E-state index contributed by atoms with van der Waals surface area (Å²) in [5.41, 5.74) is 0.862. The Morgan fingerprint density at radius 1 is 1.39 bits per heavy atom. The number of sulfonamides is 1. The molecule has 1 aromatic heterocycles. The number of benzene rings is 1. The first-order valence-corrected chi connectivity index (χ1v) is 8.75.